The van der Waals surface area contributed by atoms with Gasteiger partial charge in [-0.15, -0.1) is 0 Å². The van der Waals surface area contributed by atoms with E-state index in [1.165, 1.54) is 28.4 Å². The molecule has 3 N–H and O–H groups in total. The molecule has 4 rings (SSSR count). The van der Waals surface area contributed by atoms with Crippen molar-refractivity contribution in [1.29, 1.82) is 0 Å². The number of nitrogens with one attached hydrogen (secondary N) is 1. The van der Waals surface area contributed by atoms with Gasteiger partial charge in [-0.2, -0.15) is 4.31 Å². The quantitative estimate of drug-likeness (QED) is 0.243. The number of hydrogen-bond acceptors (Lipinski definition) is 8. The Kier molecular flexibility index (Phi) is 11.2. The standard InChI is InChI=1S/C33H41N3O8S/c1-22(2)19-35(45(41,42)28-15-13-27(43-4)14-16-28)20-30(38)29(17-24-9-6-5-7-10-24)34-32(39)31-21-36(33(40)44-31)26-12-8-11-25(18-26)23(3)37/h5-16,18,22-23,29-31,37-38H,17,19-21H2,1-4H3,(H,34,39)/t23?,29-,30+,31-/m0/s1. The normalized spacial score (nSPS) is 17.2. The first-order valence-electron chi connectivity index (χ1n) is 14.8. The van der Waals surface area contributed by atoms with Crippen LogP contribution in [0.25, 0.3) is 0 Å². The highest BCUT2D eigenvalue weighted by molar-refractivity contribution is 7.89. The van der Waals surface area contributed by atoms with Crippen LogP contribution in [0.5, 0.6) is 5.75 Å². The van der Waals surface area contributed by atoms with Gasteiger partial charge in [-0.05, 0) is 66.8 Å². The monoisotopic (exact) mass is 639 g/mol. The number of rotatable bonds is 14. The molecular weight excluding hydrogens is 598 g/mol. The molecule has 1 unspecified atom stereocenters. The fraction of sp³-hybridized carbons (Fsp3) is 0.394. The maximum atomic E-state index is 13.7. The Balaban J connectivity index is 1.55. The Morgan fingerprint density at radius 2 is 1.71 bits per heavy atom. The molecule has 3 aromatic rings. The second-order valence-corrected chi connectivity index (χ2v) is 13.5. The van der Waals surface area contributed by atoms with Crippen molar-refractivity contribution in [2.24, 2.45) is 5.92 Å². The zero-order chi connectivity index (χ0) is 32.7. The van der Waals surface area contributed by atoms with Gasteiger partial charge in [-0.1, -0.05) is 56.3 Å². The van der Waals surface area contributed by atoms with Crippen molar-refractivity contribution in [3.8, 4) is 5.75 Å². The fourth-order valence-corrected chi connectivity index (χ4v) is 6.72. The number of nitrogens with zero attached hydrogens (tertiary/aromatic N) is 2. The lowest BCUT2D eigenvalue weighted by Crippen LogP contribution is -2.53. The summed E-state index contributed by atoms with van der Waals surface area (Å²) in [5.41, 5.74) is 1.90. The Hall–Kier alpha value is -3.97. The van der Waals surface area contributed by atoms with E-state index >= 15 is 0 Å². The van der Waals surface area contributed by atoms with E-state index < -0.39 is 46.4 Å². The molecule has 2 amide bonds. The average Bonchev–Trinajstić information content (AvgIpc) is 3.42. The first-order valence-corrected chi connectivity index (χ1v) is 16.3. The minimum absolute atomic E-state index is 0.0522. The summed E-state index contributed by atoms with van der Waals surface area (Å²) in [7, 11) is -2.52. The van der Waals surface area contributed by atoms with Crippen LogP contribution in [0.3, 0.4) is 0 Å². The largest absolute Gasteiger partial charge is 0.497 e. The lowest BCUT2D eigenvalue weighted by Gasteiger charge is -2.31. The van der Waals surface area contributed by atoms with Gasteiger partial charge in [0.2, 0.25) is 10.0 Å². The van der Waals surface area contributed by atoms with Crippen molar-refractivity contribution >= 4 is 27.7 Å². The Morgan fingerprint density at radius 3 is 2.33 bits per heavy atom. The van der Waals surface area contributed by atoms with Crippen LogP contribution in [0.2, 0.25) is 0 Å². The molecule has 1 heterocycles. The van der Waals surface area contributed by atoms with E-state index in [0.717, 1.165) is 5.56 Å². The van der Waals surface area contributed by atoms with Crippen molar-refractivity contribution in [3.63, 3.8) is 0 Å². The molecule has 0 aromatic heterocycles. The van der Waals surface area contributed by atoms with E-state index in [1.807, 2.05) is 44.2 Å². The van der Waals surface area contributed by atoms with E-state index in [4.69, 9.17) is 9.47 Å². The number of aliphatic hydroxyl groups is 2. The second-order valence-electron chi connectivity index (χ2n) is 11.5. The minimum atomic E-state index is -4.01. The molecule has 1 fully saturated rings. The van der Waals surface area contributed by atoms with Crippen LogP contribution in [0.1, 0.15) is 38.0 Å². The van der Waals surface area contributed by atoms with Crippen LogP contribution in [0.15, 0.2) is 83.8 Å². The molecule has 4 atom stereocenters. The molecule has 0 radical (unpaired) electrons. The highest BCUT2D eigenvalue weighted by Crippen LogP contribution is 2.26. The number of benzene rings is 3. The smallest absolute Gasteiger partial charge is 0.415 e. The zero-order valence-electron chi connectivity index (χ0n) is 25.9. The van der Waals surface area contributed by atoms with E-state index in [9.17, 15) is 28.2 Å². The van der Waals surface area contributed by atoms with Crippen molar-refractivity contribution in [2.75, 3.05) is 31.6 Å². The maximum Gasteiger partial charge on any atom is 0.415 e. The van der Waals surface area contributed by atoms with Crippen LogP contribution < -0.4 is 15.0 Å². The molecule has 45 heavy (non-hydrogen) atoms. The average molecular weight is 640 g/mol. The SMILES string of the molecule is COc1ccc(S(=O)(=O)N(CC(C)C)C[C@@H](O)[C@H](Cc2ccccc2)NC(=O)[C@@H]2CN(c3cccc(C(C)O)c3)C(=O)O2)cc1. The van der Waals surface area contributed by atoms with Gasteiger partial charge in [0.15, 0.2) is 6.10 Å². The summed E-state index contributed by atoms with van der Waals surface area (Å²) < 4.78 is 39.2. The topological polar surface area (TPSA) is 146 Å². The van der Waals surface area contributed by atoms with Gasteiger partial charge in [0.25, 0.3) is 5.91 Å². The van der Waals surface area contributed by atoms with Gasteiger partial charge in [0.1, 0.15) is 5.75 Å². The van der Waals surface area contributed by atoms with Crippen LogP contribution >= 0.6 is 0 Å². The molecule has 0 spiro atoms. The summed E-state index contributed by atoms with van der Waals surface area (Å²) in [6.45, 7) is 5.14. The fourth-order valence-electron chi connectivity index (χ4n) is 5.10. The molecule has 1 aliphatic rings. The molecule has 1 aliphatic heterocycles. The van der Waals surface area contributed by atoms with E-state index in [1.54, 1.807) is 43.3 Å². The number of cyclic esters (lactones) is 1. The van der Waals surface area contributed by atoms with Gasteiger partial charge >= 0.3 is 6.09 Å². The number of carbonyl (C=O) groups is 2. The molecule has 3 aromatic carbocycles. The lowest BCUT2D eigenvalue weighted by atomic mass is 10.0. The van der Waals surface area contributed by atoms with Gasteiger partial charge in [-0.25, -0.2) is 13.2 Å². The molecule has 242 valence electrons. The lowest BCUT2D eigenvalue weighted by molar-refractivity contribution is -0.129. The number of anilines is 1. The van der Waals surface area contributed by atoms with Crippen LogP contribution in [-0.2, 0) is 26.0 Å². The summed E-state index contributed by atoms with van der Waals surface area (Å²) in [4.78, 5) is 27.6. The molecular formula is C33H41N3O8S. The van der Waals surface area contributed by atoms with Crippen molar-refractivity contribution in [2.45, 2.75) is 56.4 Å². The van der Waals surface area contributed by atoms with E-state index in [-0.39, 0.29) is 36.9 Å². The number of sulfonamides is 1. The maximum absolute atomic E-state index is 13.7. The predicted octanol–water partition coefficient (Wildman–Crippen LogP) is 3.51. The van der Waals surface area contributed by atoms with Crippen molar-refractivity contribution in [3.05, 3.63) is 90.0 Å². The van der Waals surface area contributed by atoms with Gasteiger partial charge in [0, 0.05) is 18.8 Å². The zero-order valence-corrected chi connectivity index (χ0v) is 26.7. The Bertz CT molecular complexity index is 1550. The minimum Gasteiger partial charge on any atom is -0.497 e. The first-order chi connectivity index (χ1) is 21.4. The number of methoxy groups -OCH3 is 1. The highest BCUT2D eigenvalue weighted by Gasteiger charge is 2.39. The summed E-state index contributed by atoms with van der Waals surface area (Å²) in [5.74, 6) is -0.161. The van der Waals surface area contributed by atoms with E-state index in [2.05, 4.69) is 5.32 Å². The van der Waals surface area contributed by atoms with Gasteiger partial charge in [-0.3, -0.25) is 9.69 Å². The van der Waals surface area contributed by atoms with Gasteiger partial charge < -0.3 is 25.0 Å². The summed E-state index contributed by atoms with van der Waals surface area (Å²) in [6.07, 6.45) is -3.74. The summed E-state index contributed by atoms with van der Waals surface area (Å²) >= 11 is 0. The predicted molar refractivity (Wildman–Crippen MR) is 169 cm³/mol. The number of hydrogen-bond donors (Lipinski definition) is 3. The molecule has 0 aliphatic carbocycles. The third-order valence-corrected chi connectivity index (χ3v) is 9.36. The first kappa shape index (κ1) is 33.9. The summed E-state index contributed by atoms with van der Waals surface area (Å²) in [5, 5.41) is 24.3. The molecule has 1 saturated heterocycles. The number of ether oxygens (including phenoxy) is 2. The van der Waals surface area contributed by atoms with Crippen molar-refractivity contribution in [1.82, 2.24) is 9.62 Å². The second kappa shape index (κ2) is 14.9. The molecule has 11 nitrogen and oxygen atoms in total. The number of carbonyl (C=O) groups excluding carboxylic acids is 2. The van der Waals surface area contributed by atoms with Crippen LogP contribution in [-0.4, -0.2) is 79.9 Å². The van der Waals surface area contributed by atoms with Gasteiger partial charge in [0.05, 0.1) is 36.8 Å². The molecule has 0 bridgehead atoms. The highest BCUT2D eigenvalue weighted by atomic mass is 32.2. The summed E-state index contributed by atoms with van der Waals surface area (Å²) in [6, 6.07) is 21.1. The third kappa shape index (κ3) is 8.60. The Labute approximate surface area is 264 Å². The molecule has 0 saturated carbocycles. The molecule has 12 heteroatoms. The van der Waals surface area contributed by atoms with Crippen LogP contribution in [0, 0.1) is 5.92 Å². The van der Waals surface area contributed by atoms with Crippen molar-refractivity contribution < 1.29 is 37.7 Å². The number of aliphatic hydroxyl groups excluding tert-OH is 2. The van der Waals surface area contributed by atoms with Crippen LogP contribution in [0.4, 0.5) is 10.5 Å². The third-order valence-electron chi connectivity index (χ3n) is 7.52. The van der Waals surface area contributed by atoms with E-state index in [0.29, 0.717) is 17.0 Å². The Morgan fingerprint density at radius 1 is 1.02 bits per heavy atom. The number of amides is 2.